The molecule has 2 atom stereocenters. The lowest BCUT2D eigenvalue weighted by Gasteiger charge is -2.31. The van der Waals surface area contributed by atoms with Crippen LogP contribution in [0.4, 0.5) is 5.69 Å². The first-order valence-corrected chi connectivity index (χ1v) is 7.45. The Kier molecular flexibility index (Phi) is 5.46. The molecule has 24 heavy (non-hydrogen) atoms. The van der Waals surface area contributed by atoms with Gasteiger partial charge in [0.15, 0.2) is 0 Å². The number of amides is 2. The van der Waals surface area contributed by atoms with Crippen LogP contribution in [0.5, 0.6) is 0 Å². The number of non-ortho nitro benzene ring substituents is 1. The third-order valence-corrected chi connectivity index (χ3v) is 4.02. The number of aliphatic carboxylic acids is 1. The Hall–Kier alpha value is -2.97. The quantitative estimate of drug-likeness (QED) is 0.582. The van der Waals surface area contributed by atoms with Gasteiger partial charge in [0.2, 0.25) is 5.91 Å². The summed E-state index contributed by atoms with van der Waals surface area (Å²) in [6.45, 7) is 0. The summed E-state index contributed by atoms with van der Waals surface area (Å²) < 4.78 is 0. The predicted octanol–water partition coefficient (Wildman–Crippen LogP) is -0.0879. The summed E-state index contributed by atoms with van der Waals surface area (Å²) in [5.74, 6) is -4.27. The lowest BCUT2D eigenvalue weighted by molar-refractivity contribution is -0.384. The van der Waals surface area contributed by atoms with E-state index < -0.39 is 34.5 Å². The maximum atomic E-state index is 12.1. The largest absolute Gasteiger partial charge is 0.550 e. The van der Waals surface area contributed by atoms with Gasteiger partial charge in [-0.25, -0.2) is 0 Å². The molecule has 1 aromatic rings. The van der Waals surface area contributed by atoms with Crippen molar-refractivity contribution in [3.05, 3.63) is 39.9 Å². The molecule has 1 aromatic carbocycles. The van der Waals surface area contributed by atoms with Crippen LogP contribution in [0.15, 0.2) is 24.3 Å². The second-order valence-corrected chi connectivity index (χ2v) is 5.57. The number of nitro benzene ring substituents is 1. The second kappa shape index (κ2) is 7.53. The standard InChI is InChI=1S/C15H17N3O6/c19-13(9-4-3-5-10(8-9)18(23)24)16-17-14(20)11-6-1-2-7-12(11)15(21)22/h3-5,8,11-12H,1-2,6-7H2,(H,16,19)(H,17,20)(H,21,22)/p-1. The van der Waals surface area contributed by atoms with Gasteiger partial charge in [0, 0.05) is 35.5 Å². The number of hydrogen-bond donors (Lipinski definition) is 2. The number of carbonyl (C=O) groups excluding carboxylic acids is 3. The lowest BCUT2D eigenvalue weighted by atomic mass is 9.79. The molecule has 1 fully saturated rings. The lowest BCUT2D eigenvalue weighted by Crippen LogP contribution is -2.49. The van der Waals surface area contributed by atoms with Gasteiger partial charge in [-0.15, -0.1) is 0 Å². The summed E-state index contributed by atoms with van der Waals surface area (Å²) in [4.78, 5) is 45.2. The Labute approximate surface area is 137 Å². The minimum atomic E-state index is -1.28. The van der Waals surface area contributed by atoms with Crippen LogP contribution in [0.3, 0.4) is 0 Å². The van der Waals surface area contributed by atoms with Crippen LogP contribution in [0, 0.1) is 22.0 Å². The van der Waals surface area contributed by atoms with Crippen LogP contribution < -0.4 is 16.0 Å². The first-order valence-electron chi connectivity index (χ1n) is 7.45. The Morgan fingerprint density at radius 3 is 2.38 bits per heavy atom. The fourth-order valence-electron chi connectivity index (χ4n) is 2.77. The zero-order valence-electron chi connectivity index (χ0n) is 12.7. The van der Waals surface area contributed by atoms with Crippen LogP contribution in [0.1, 0.15) is 36.0 Å². The van der Waals surface area contributed by atoms with Crippen molar-refractivity contribution in [3.8, 4) is 0 Å². The van der Waals surface area contributed by atoms with E-state index in [0.29, 0.717) is 19.3 Å². The number of carboxylic acids is 1. The van der Waals surface area contributed by atoms with Gasteiger partial charge in [-0.05, 0) is 18.9 Å². The van der Waals surface area contributed by atoms with Crippen molar-refractivity contribution >= 4 is 23.5 Å². The van der Waals surface area contributed by atoms with Crippen molar-refractivity contribution in [1.29, 1.82) is 0 Å². The number of carboxylic acid groups (broad SMARTS) is 1. The van der Waals surface area contributed by atoms with Crippen molar-refractivity contribution < 1.29 is 24.4 Å². The smallest absolute Gasteiger partial charge is 0.270 e. The van der Waals surface area contributed by atoms with Gasteiger partial charge < -0.3 is 9.90 Å². The number of rotatable bonds is 4. The van der Waals surface area contributed by atoms with E-state index >= 15 is 0 Å². The molecule has 1 aliphatic carbocycles. The summed E-state index contributed by atoms with van der Waals surface area (Å²) in [5.41, 5.74) is 4.08. The highest BCUT2D eigenvalue weighted by atomic mass is 16.6. The van der Waals surface area contributed by atoms with Gasteiger partial charge in [-0.1, -0.05) is 18.9 Å². The normalized spacial score (nSPS) is 20.0. The van der Waals surface area contributed by atoms with Crippen molar-refractivity contribution in [2.45, 2.75) is 25.7 Å². The monoisotopic (exact) mass is 334 g/mol. The Balaban J connectivity index is 1.98. The number of hydrazine groups is 1. The third kappa shape index (κ3) is 4.06. The topological polar surface area (TPSA) is 141 Å². The molecule has 0 spiro atoms. The minimum absolute atomic E-state index is 0.00426. The van der Waals surface area contributed by atoms with Crippen LogP contribution >= 0.6 is 0 Å². The molecule has 0 aliphatic heterocycles. The molecule has 0 bridgehead atoms. The molecule has 2 N–H and O–H groups in total. The fraction of sp³-hybridized carbons (Fsp3) is 0.400. The number of benzene rings is 1. The molecular formula is C15H16N3O6-. The number of nitrogens with zero attached hydrogens (tertiary/aromatic N) is 1. The van der Waals surface area contributed by atoms with E-state index in [0.717, 1.165) is 12.5 Å². The molecule has 0 saturated heterocycles. The fourth-order valence-corrected chi connectivity index (χ4v) is 2.77. The molecular weight excluding hydrogens is 318 g/mol. The summed E-state index contributed by atoms with van der Waals surface area (Å²) >= 11 is 0. The summed E-state index contributed by atoms with van der Waals surface area (Å²) in [6, 6.07) is 5.02. The zero-order valence-corrected chi connectivity index (χ0v) is 12.7. The molecule has 2 unspecified atom stereocenters. The molecule has 128 valence electrons. The molecule has 0 aromatic heterocycles. The third-order valence-electron chi connectivity index (χ3n) is 4.02. The first-order chi connectivity index (χ1) is 11.4. The minimum Gasteiger partial charge on any atom is -0.550 e. The summed E-state index contributed by atoms with van der Waals surface area (Å²) in [7, 11) is 0. The van der Waals surface area contributed by atoms with Crippen molar-refractivity contribution in [1.82, 2.24) is 10.9 Å². The van der Waals surface area contributed by atoms with E-state index in [9.17, 15) is 29.6 Å². The number of carbonyl (C=O) groups is 3. The Morgan fingerprint density at radius 1 is 1.08 bits per heavy atom. The Bertz CT molecular complexity index is 675. The molecule has 1 saturated carbocycles. The number of nitro groups is 1. The van der Waals surface area contributed by atoms with Gasteiger partial charge in [-0.3, -0.25) is 30.6 Å². The van der Waals surface area contributed by atoms with E-state index in [1.807, 2.05) is 0 Å². The van der Waals surface area contributed by atoms with Gasteiger partial charge in [0.25, 0.3) is 11.6 Å². The number of hydrogen-bond acceptors (Lipinski definition) is 6. The van der Waals surface area contributed by atoms with Crippen molar-refractivity contribution in [2.24, 2.45) is 11.8 Å². The maximum Gasteiger partial charge on any atom is 0.270 e. The van der Waals surface area contributed by atoms with E-state index in [2.05, 4.69) is 10.9 Å². The van der Waals surface area contributed by atoms with E-state index in [-0.39, 0.29) is 11.3 Å². The molecule has 9 heteroatoms. The van der Waals surface area contributed by atoms with Crippen molar-refractivity contribution in [3.63, 3.8) is 0 Å². The maximum absolute atomic E-state index is 12.1. The van der Waals surface area contributed by atoms with Gasteiger partial charge in [0.1, 0.15) is 0 Å². The molecule has 2 amide bonds. The van der Waals surface area contributed by atoms with Crippen LogP contribution in [0.2, 0.25) is 0 Å². The van der Waals surface area contributed by atoms with Crippen LogP contribution in [0.25, 0.3) is 0 Å². The average molecular weight is 334 g/mol. The average Bonchev–Trinajstić information content (AvgIpc) is 2.59. The Morgan fingerprint density at radius 2 is 1.75 bits per heavy atom. The molecule has 0 radical (unpaired) electrons. The molecule has 9 nitrogen and oxygen atoms in total. The highest BCUT2D eigenvalue weighted by Crippen LogP contribution is 2.29. The van der Waals surface area contributed by atoms with Crippen LogP contribution in [-0.2, 0) is 9.59 Å². The first kappa shape index (κ1) is 17.4. The zero-order chi connectivity index (χ0) is 17.7. The van der Waals surface area contributed by atoms with E-state index in [1.165, 1.54) is 18.2 Å². The van der Waals surface area contributed by atoms with E-state index in [1.54, 1.807) is 0 Å². The van der Waals surface area contributed by atoms with E-state index in [4.69, 9.17) is 0 Å². The summed E-state index contributed by atoms with van der Waals surface area (Å²) in [5, 5.41) is 21.8. The highest BCUT2D eigenvalue weighted by molar-refractivity contribution is 5.96. The SMILES string of the molecule is O=C(NNC(=O)C1CCCCC1C(=O)[O-])c1cccc([N+](=O)[O-])c1. The second-order valence-electron chi connectivity index (χ2n) is 5.57. The van der Waals surface area contributed by atoms with Crippen LogP contribution in [-0.4, -0.2) is 22.7 Å². The summed E-state index contributed by atoms with van der Waals surface area (Å²) in [6.07, 6.45) is 2.19. The number of nitrogens with one attached hydrogen (secondary N) is 2. The van der Waals surface area contributed by atoms with Gasteiger partial charge >= 0.3 is 0 Å². The van der Waals surface area contributed by atoms with Gasteiger partial charge in [-0.2, -0.15) is 0 Å². The highest BCUT2D eigenvalue weighted by Gasteiger charge is 2.32. The predicted molar refractivity (Wildman–Crippen MR) is 79.2 cm³/mol. The van der Waals surface area contributed by atoms with Crippen molar-refractivity contribution in [2.75, 3.05) is 0 Å². The molecule has 2 rings (SSSR count). The molecule has 1 aliphatic rings. The molecule has 0 heterocycles. The van der Waals surface area contributed by atoms with Gasteiger partial charge in [0.05, 0.1) is 4.92 Å².